The largest absolute Gasteiger partial charge is 0.475 e. The predicted molar refractivity (Wildman–Crippen MR) is 127 cm³/mol. The van der Waals surface area contributed by atoms with Crippen molar-refractivity contribution in [2.75, 3.05) is 11.9 Å². The molecule has 0 spiro atoms. The van der Waals surface area contributed by atoms with Crippen LogP contribution >= 0.6 is 0 Å². The number of rotatable bonds is 8. The Labute approximate surface area is 191 Å². The number of nitrogens with zero attached hydrogens (tertiary/aromatic N) is 2. The first-order valence-corrected chi connectivity index (χ1v) is 10.6. The van der Waals surface area contributed by atoms with Gasteiger partial charge in [-0.05, 0) is 47.5 Å². The lowest BCUT2D eigenvalue weighted by atomic mass is 9.87. The van der Waals surface area contributed by atoms with Gasteiger partial charge in [0.2, 0.25) is 5.76 Å². The SMILES string of the molecule is CC(C(Cc1ccc(C(=O)O)o1)c1ccc([N+](=O)[O-])cc1)N(C)c1ccc2ccccc2c1. The number of carbonyl (C=O) groups is 1. The second-order valence-corrected chi connectivity index (χ2v) is 8.11. The van der Waals surface area contributed by atoms with Crippen molar-refractivity contribution < 1.29 is 19.2 Å². The summed E-state index contributed by atoms with van der Waals surface area (Å²) in [5.41, 5.74) is 1.98. The zero-order valence-electron chi connectivity index (χ0n) is 18.3. The normalized spacial score (nSPS) is 12.9. The molecule has 1 heterocycles. The van der Waals surface area contributed by atoms with Crippen LogP contribution in [0.15, 0.2) is 83.3 Å². The lowest BCUT2D eigenvalue weighted by Gasteiger charge is -2.34. The third-order valence-electron chi connectivity index (χ3n) is 6.16. The number of fused-ring (bicyclic) bond motifs is 1. The van der Waals surface area contributed by atoms with Gasteiger partial charge in [0.15, 0.2) is 0 Å². The summed E-state index contributed by atoms with van der Waals surface area (Å²) in [6, 6.07) is 24.0. The fourth-order valence-corrected chi connectivity index (χ4v) is 4.13. The molecule has 168 valence electrons. The van der Waals surface area contributed by atoms with Crippen LogP contribution in [0.3, 0.4) is 0 Å². The quantitative estimate of drug-likeness (QED) is 0.269. The maximum absolute atomic E-state index is 11.2. The molecule has 0 aliphatic rings. The minimum Gasteiger partial charge on any atom is -0.475 e. The molecule has 3 aromatic carbocycles. The van der Waals surface area contributed by atoms with Crippen molar-refractivity contribution in [3.63, 3.8) is 0 Å². The first-order valence-electron chi connectivity index (χ1n) is 10.6. The number of non-ortho nitro benzene ring substituents is 1. The van der Waals surface area contributed by atoms with Gasteiger partial charge in [-0.1, -0.05) is 42.5 Å². The Hall–Kier alpha value is -4.13. The van der Waals surface area contributed by atoms with Crippen LogP contribution in [0.2, 0.25) is 0 Å². The summed E-state index contributed by atoms with van der Waals surface area (Å²) in [5.74, 6) is -0.776. The number of furan rings is 1. The van der Waals surface area contributed by atoms with Crippen molar-refractivity contribution in [1.29, 1.82) is 0 Å². The molecule has 0 aliphatic heterocycles. The first kappa shape index (κ1) is 22.1. The number of nitro groups is 1. The Morgan fingerprint density at radius 3 is 2.36 bits per heavy atom. The van der Waals surface area contributed by atoms with E-state index in [-0.39, 0.29) is 23.4 Å². The number of carboxylic acids is 1. The molecule has 4 rings (SSSR count). The van der Waals surface area contributed by atoms with E-state index in [1.54, 1.807) is 18.2 Å². The summed E-state index contributed by atoms with van der Waals surface area (Å²) in [7, 11) is 2.01. The van der Waals surface area contributed by atoms with Crippen molar-refractivity contribution in [2.24, 2.45) is 0 Å². The van der Waals surface area contributed by atoms with Gasteiger partial charge in [-0.3, -0.25) is 10.1 Å². The van der Waals surface area contributed by atoms with Gasteiger partial charge in [0.25, 0.3) is 5.69 Å². The highest BCUT2D eigenvalue weighted by atomic mass is 16.6. The summed E-state index contributed by atoms with van der Waals surface area (Å²) in [5, 5.41) is 22.6. The van der Waals surface area contributed by atoms with E-state index in [0.717, 1.165) is 22.0 Å². The van der Waals surface area contributed by atoms with E-state index in [2.05, 4.69) is 42.2 Å². The number of hydrogen-bond acceptors (Lipinski definition) is 5. The maximum atomic E-state index is 11.2. The Morgan fingerprint density at radius 1 is 1.03 bits per heavy atom. The molecule has 0 bridgehead atoms. The standard InChI is InChI=1S/C26H24N2O5/c1-17(27(2)22-12-7-18-5-3-4-6-20(18)15-22)24(16-23-13-14-25(33-23)26(29)30)19-8-10-21(11-9-19)28(31)32/h3-15,17,24H,16H2,1-2H3,(H,29,30). The molecule has 7 nitrogen and oxygen atoms in total. The highest BCUT2D eigenvalue weighted by molar-refractivity contribution is 5.86. The van der Waals surface area contributed by atoms with E-state index in [0.29, 0.717) is 12.2 Å². The van der Waals surface area contributed by atoms with Crippen LogP contribution < -0.4 is 4.90 Å². The summed E-state index contributed by atoms with van der Waals surface area (Å²) in [6.07, 6.45) is 0.449. The molecule has 4 aromatic rings. The van der Waals surface area contributed by atoms with Gasteiger partial charge < -0.3 is 14.4 Å². The predicted octanol–water partition coefficient (Wildman–Crippen LogP) is 5.89. The number of benzene rings is 3. The van der Waals surface area contributed by atoms with Crippen LogP contribution in [0, 0.1) is 10.1 Å². The van der Waals surface area contributed by atoms with E-state index in [1.165, 1.54) is 18.2 Å². The van der Waals surface area contributed by atoms with Crippen LogP contribution in [-0.2, 0) is 6.42 Å². The number of aromatic carboxylic acids is 1. The summed E-state index contributed by atoms with van der Waals surface area (Å²) in [6.45, 7) is 2.09. The van der Waals surface area contributed by atoms with Gasteiger partial charge in [0.1, 0.15) is 5.76 Å². The van der Waals surface area contributed by atoms with E-state index >= 15 is 0 Å². The van der Waals surface area contributed by atoms with E-state index < -0.39 is 10.9 Å². The van der Waals surface area contributed by atoms with Gasteiger partial charge in [0.05, 0.1) is 4.92 Å². The molecule has 0 fully saturated rings. The monoisotopic (exact) mass is 444 g/mol. The number of nitro benzene ring substituents is 1. The Bertz CT molecular complexity index is 1300. The molecule has 0 amide bonds. The molecular weight excluding hydrogens is 420 g/mol. The van der Waals surface area contributed by atoms with Crippen LogP contribution in [0.25, 0.3) is 10.8 Å². The smallest absolute Gasteiger partial charge is 0.371 e. The molecule has 0 saturated heterocycles. The summed E-state index contributed by atoms with van der Waals surface area (Å²) >= 11 is 0. The van der Waals surface area contributed by atoms with Crippen LogP contribution in [-0.4, -0.2) is 29.1 Å². The van der Waals surface area contributed by atoms with Gasteiger partial charge in [0, 0.05) is 43.2 Å². The van der Waals surface area contributed by atoms with Crippen molar-refractivity contribution in [3.05, 3.63) is 106 Å². The van der Waals surface area contributed by atoms with Gasteiger partial charge in [-0.15, -0.1) is 0 Å². The molecule has 7 heteroatoms. The second-order valence-electron chi connectivity index (χ2n) is 8.11. The van der Waals surface area contributed by atoms with Gasteiger partial charge in [-0.25, -0.2) is 4.79 Å². The summed E-state index contributed by atoms with van der Waals surface area (Å²) in [4.78, 5) is 24.1. The number of hydrogen-bond donors (Lipinski definition) is 1. The highest BCUT2D eigenvalue weighted by Gasteiger charge is 2.26. The zero-order chi connectivity index (χ0) is 23.5. The Balaban J connectivity index is 1.67. The molecule has 0 aliphatic carbocycles. The van der Waals surface area contributed by atoms with Crippen LogP contribution in [0.5, 0.6) is 0 Å². The second kappa shape index (κ2) is 9.16. The molecule has 2 unspecified atom stereocenters. The molecule has 33 heavy (non-hydrogen) atoms. The Kier molecular flexibility index (Phi) is 6.13. The number of likely N-dealkylation sites (N-methyl/N-ethyl adjacent to an activating group) is 1. The molecule has 2 atom stereocenters. The average Bonchev–Trinajstić information content (AvgIpc) is 3.30. The molecule has 1 aromatic heterocycles. The summed E-state index contributed by atoms with van der Waals surface area (Å²) < 4.78 is 5.53. The maximum Gasteiger partial charge on any atom is 0.371 e. The number of anilines is 1. The fraction of sp³-hybridized carbons (Fsp3) is 0.192. The molecule has 1 N–H and O–H groups in total. The third-order valence-corrected chi connectivity index (χ3v) is 6.16. The van der Waals surface area contributed by atoms with Crippen molar-refractivity contribution in [2.45, 2.75) is 25.3 Å². The van der Waals surface area contributed by atoms with Crippen molar-refractivity contribution in [3.8, 4) is 0 Å². The zero-order valence-corrected chi connectivity index (χ0v) is 18.3. The third kappa shape index (κ3) is 4.72. The van der Waals surface area contributed by atoms with Crippen LogP contribution in [0.1, 0.15) is 34.7 Å². The number of carboxylic acid groups (broad SMARTS) is 1. The van der Waals surface area contributed by atoms with E-state index in [9.17, 15) is 20.0 Å². The molecule has 0 saturated carbocycles. The average molecular weight is 444 g/mol. The fourth-order valence-electron chi connectivity index (χ4n) is 4.13. The highest BCUT2D eigenvalue weighted by Crippen LogP contribution is 2.32. The van der Waals surface area contributed by atoms with E-state index in [1.807, 2.05) is 19.2 Å². The van der Waals surface area contributed by atoms with Gasteiger partial charge in [-0.2, -0.15) is 0 Å². The minimum absolute atomic E-state index is 0.0222. The van der Waals surface area contributed by atoms with Gasteiger partial charge >= 0.3 is 5.97 Å². The minimum atomic E-state index is -1.12. The van der Waals surface area contributed by atoms with Crippen LogP contribution in [0.4, 0.5) is 11.4 Å². The lowest BCUT2D eigenvalue weighted by molar-refractivity contribution is -0.384. The van der Waals surface area contributed by atoms with Crippen molar-refractivity contribution >= 4 is 28.1 Å². The molecule has 0 radical (unpaired) electrons. The van der Waals surface area contributed by atoms with Crippen molar-refractivity contribution in [1.82, 2.24) is 0 Å². The van der Waals surface area contributed by atoms with E-state index in [4.69, 9.17) is 4.42 Å². The lowest BCUT2D eigenvalue weighted by Crippen LogP contribution is -2.35. The first-order chi connectivity index (χ1) is 15.8. The Morgan fingerprint density at radius 2 is 1.73 bits per heavy atom. The topological polar surface area (TPSA) is 96.8 Å². The molecular formula is C26H24N2O5.